The predicted molar refractivity (Wildman–Crippen MR) is 67.3 cm³/mol. The largest absolute Gasteiger partial charge is 0.380 e. The summed E-state index contributed by atoms with van der Waals surface area (Å²) in [6.45, 7) is 7.78. The van der Waals surface area contributed by atoms with Gasteiger partial charge in [-0.2, -0.15) is 0 Å². The molecular weight excluding hydrogens is 186 g/mol. The molecule has 2 atom stereocenters. The van der Waals surface area contributed by atoms with Crippen LogP contribution in [0.4, 0.5) is 0 Å². The van der Waals surface area contributed by atoms with E-state index in [2.05, 4.69) is 26.1 Å². The topological polar surface area (TPSA) is 21.3 Å². The quantitative estimate of drug-likeness (QED) is 0.564. The molecule has 0 saturated carbocycles. The summed E-state index contributed by atoms with van der Waals surface area (Å²) >= 11 is 0. The fraction of sp³-hybridized carbons (Fsp3) is 1.00. The van der Waals surface area contributed by atoms with Gasteiger partial charge < -0.3 is 10.1 Å². The Hall–Kier alpha value is -0.0800. The van der Waals surface area contributed by atoms with Gasteiger partial charge in [-0.3, -0.25) is 0 Å². The van der Waals surface area contributed by atoms with Gasteiger partial charge in [0.2, 0.25) is 0 Å². The second-order valence-electron chi connectivity index (χ2n) is 4.24. The third-order valence-electron chi connectivity index (χ3n) is 2.93. The van der Waals surface area contributed by atoms with Gasteiger partial charge in [-0.15, -0.1) is 0 Å². The first-order valence-electron chi connectivity index (χ1n) is 6.56. The Morgan fingerprint density at radius 3 is 2.27 bits per heavy atom. The van der Waals surface area contributed by atoms with Crippen LogP contribution in [0.5, 0.6) is 0 Å². The molecule has 0 spiro atoms. The van der Waals surface area contributed by atoms with E-state index in [-0.39, 0.29) is 0 Å². The van der Waals surface area contributed by atoms with Crippen molar-refractivity contribution >= 4 is 0 Å². The number of hydrogen-bond acceptors (Lipinski definition) is 2. The highest BCUT2D eigenvalue weighted by molar-refractivity contribution is 4.75. The average Bonchev–Trinajstić information content (AvgIpc) is 2.26. The van der Waals surface area contributed by atoms with Crippen molar-refractivity contribution in [3.05, 3.63) is 0 Å². The van der Waals surface area contributed by atoms with Gasteiger partial charge in [-0.25, -0.2) is 0 Å². The lowest BCUT2D eigenvalue weighted by molar-refractivity contribution is 0.0616. The minimum absolute atomic E-state index is 0.383. The van der Waals surface area contributed by atoms with Crippen molar-refractivity contribution in [2.45, 2.75) is 71.4 Å². The molecule has 0 aromatic carbocycles. The highest BCUT2D eigenvalue weighted by Gasteiger charge is 2.17. The molecule has 0 aliphatic rings. The zero-order valence-corrected chi connectivity index (χ0v) is 11.0. The van der Waals surface area contributed by atoms with Crippen LogP contribution in [0.15, 0.2) is 0 Å². The van der Waals surface area contributed by atoms with Crippen LogP contribution in [0.2, 0.25) is 0 Å². The van der Waals surface area contributed by atoms with Crippen LogP contribution in [0, 0.1) is 0 Å². The number of rotatable bonds is 10. The first-order valence-corrected chi connectivity index (χ1v) is 6.56. The molecule has 92 valence electrons. The van der Waals surface area contributed by atoms with E-state index >= 15 is 0 Å². The summed E-state index contributed by atoms with van der Waals surface area (Å²) in [7, 11) is 1.83. The Labute approximate surface area is 95.8 Å². The van der Waals surface area contributed by atoms with Crippen molar-refractivity contribution in [2.75, 3.05) is 13.7 Å². The molecule has 0 aliphatic carbocycles. The maximum Gasteiger partial charge on any atom is 0.0721 e. The van der Waals surface area contributed by atoms with E-state index in [1.165, 1.54) is 32.1 Å². The van der Waals surface area contributed by atoms with Gasteiger partial charge in [0.25, 0.3) is 0 Å². The number of methoxy groups -OCH3 is 1. The SMILES string of the molecule is CCCCCC(NCCC)C(CC)OC. The number of hydrogen-bond donors (Lipinski definition) is 1. The summed E-state index contributed by atoms with van der Waals surface area (Å²) in [6.07, 6.45) is 7.88. The van der Waals surface area contributed by atoms with Crippen LogP contribution < -0.4 is 5.32 Å². The van der Waals surface area contributed by atoms with Gasteiger partial charge in [0.15, 0.2) is 0 Å². The van der Waals surface area contributed by atoms with Crippen molar-refractivity contribution in [1.29, 1.82) is 0 Å². The standard InChI is InChI=1S/C13H29NO/c1-5-8-9-10-12(14-11-6-2)13(7-3)15-4/h12-14H,5-11H2,1-4H3. The highest BCUT2D eigenvalue weighted by Crippen LogP contribution is 2.11. The maximum atomic E-state index is 5.53. The molecule has 0 amide bonds. The lowest BCUT2D eigenvalue weighted by Crippen LogP contribution is -2.41. The molecule has 0 aromatic heterocycles. The van der Waals surface area contributed by atoms with Crippen LogP contribution in [-0.2, 0) is 4.74 Å². The predicted octanol–water partition coefficient (Wildman–Crippen LogP) is 3.36. The van der Waals surface area contributed by atoms with E-state index in [1.54, 1.807) is 0 Å². The number of ether oxygens (including phenoxy) is 1. The summed E-state index contributed by atoms with van der Waals surface area (Å²) in [5.41, 5.74) is 0. The molecule has 0 fully saturated rings. The van der Waals surface area contributed by atoms with E-state index in [4.69, 9.17) is 4.74 Å². The first kappa shape index (κ1) is 14.9. The molecule has 0 aromatic rings. The fourth-order valence-electron chi connectivity index (χ4n) is 1.98. The van der Waals surface area contributed by atoms with Gasteiger partial charge in [0, 0.05) is 13.2 Å². The molecule has 0 rings (SSSR count). The van der Waals surface area contributed by atoms with Crippen LogP contribution in [-0.4, -0.2) is 25.8 Å². The Bertz CT molecular complexity index is 124. The molecular formula is C13H29NO. The summed E-state index contributed by atoms with van der Waals surface area (Å²) < 4.78 is 5.53. The fourth-order valence-corrected chi connectivity index (χ4v) is 1.98. The number of unbranched alkanes of at least 4 members (excludes halogenated alkanes) is 2. The van der Waals surface area contributed by atoms with Gasteiger partial charge in [-0.05, 0) is 25.8 Å². The molecule has 1 N–H and O–H groups in total. The molecule has 0 aliphatic heterocycles. The average molecular weight is 215 g/mol. The molecule has 0 heterocycles. The van der Waals surface area contributed by atoms with Crippen molar-refractivity contribution in [3.8, 4) is 0 Å². The third kappa shape index (κ3) is 6.91. The van der Waals surface area contributed by atoms with E-state index in [0.717, 1.165) is 13.0 Å². The Morgan fingerprint density at radius 2 is 1.80 bits per heavy atom. The lowest BCUT2D eigenvalue weighted by atomic mass is 10.0. The van der Waals surface area contributed by atoms with Crippen molar-refractivity contribution in [1.82, 2.24) is 5.32 Å². The zero-order chi connectivity index (χ0) is 11.5. The smallest absolute Gasteiger partial charge is 0.0721 e. The maximum absolute atomic E-state index is 5.53. The minimum atomic E-state index is 0.383. The molecule has 15 heavy (non-hydrogen) atoms. The number of nitrogens with one attached hydrogen (secondary N) is 1. The summed E-state index contributed by atoms with van der Waals surface area (Å²) in [6, 6.07) is 0.548. The Balaban J connectivity index is 3.91. The zero-order valence-electron chi connectivity index (χ0n) is 11.0. The Morgan fingerprint density at radius 1 is 1.07 bits per heavy atom. The molecule has 2 heteroatoms. The van der Waals surface area contributed by atoms with Crippen LogP contribution in [0.3, 0.4) is 0 Å². The van der Waals surface area contributed by atoms with Crippen molar-refractivity contribution in [3.63, 3.8) is 0 Å². The normalized spacial score (nSPS) is 15.2. The Kier molecular flexibility index (Phi) is 10.4. The van der Waals surface area contributed by atoms with Crippen molar-refractivity contribution < 1.29 is 4.74 Å². The third-order valence-corrected chi connectivity index (χ3v) is 2.93. The van der Waals surface area contributed by atoms with E-state index in [1.807, 2.05) is 7.11 Å². The van der Waals surface area contributed by atoms with Gasteiger partial charge in [0.05, 0.1) is 6.10 Å². The van der Waals surface area contributed by atoms with Crippen molar-refractivity contribution in [2.24, 2.45) is 0 Å². The van der Waals surface area contributed by atoms with Crippen LogP contribution >= 0.6 is 0 Å². The van der Waals surface area contributed by atoms with Crippen LogP contribution in [0.1, 0.15) is 59.3 Å². The van der Waals surface area contributed by atoms with Crippen LogP contribution in [0.25, 0.3) is 0 Å². The molecule has 2 nitrogen and oxygen atoms in total. The first-order chi connectivity index (χ1) is 7.29. The summed E-state index contributed by atoms with van der Waals surface area (Å²) in [4.78, 5) is 0. The summed E-state index contributed by atoms with van der Waals surface area (Å²) in [5, 5.41) is 3.61. The molecule has 0 radical (unpaired) electrons. The second-order valence-corrected chi connectivity index (χ2v) is 4.24. The second kappa shape index (κ2) is 10.4. The highest BCUT2D eigenvalue weighted by atomic mass is 16.5. The minimum Gasteiger partial charge on any atom is -0.380 e. The van der Waals surface area contributed by atoms with Gasteiger partial charge in [-0.1, -0.05) is 40.0 Å². The molecule has 0 saturated heterocycles. The molecule has 2 unspecified atom stereocenters. The van der Waals surface area contributed by atoms with E-state index < -0.39 is 0 Å². The van der Waals surface area contributed by atoms with Gasteiger partial charge >= 0.3 is 0 Å². The van der Waals surface area contributed by atoms with E-state index in [9.17, 15) is 0 Å². The lowest BCUT2D eigenvalue weighted by Gasteiger charge is -2.26. The van der Waals surface area contributed by atoms with E-state index in [0.29, 0.717) is 12.1 Å². The monoisotopic (exact) mass is 215 g/mol. The molecule has 0 bridgehead atoms. The summed E-state index contributed by atoms with van der Waals surface area (Å²) in [5.74, 6) is 0. The van der Waals surface area contributed by atoms with Gasteiger partial charge in [0.1, 0.15) is 0 Å².